The van der Waals surface area contributed by atoms with Crippen LogP contribution in [-0.2, 0) is 9.59 Å². The van der Waals surface area contributed by atoms with E-state index in [9.17, 15) is 9.59 Å². The second-order valence-electron chi connectivity index (χ2n) is 4.41. The molecule has 0 heterocycles. The van der Waals surface area contributed by atoms with Crippen LogP contribution >= 0.6 is 11.6 Å². The Morgan fingerprint density at radius 1 is 1.24 bits per heavy atom. The van der Waals surface area contributed by atoms with Gasteiger partial charge in [-0.15, -0.1) is 0 Å². The summed E-state index contributed by atoms with van der Waals surface area (Å²) >= 11 is 5.78. The first-order valence-electron chi connectivity index (χ1n) is 6.99. The van der Waals surface area contributed by atoms with Crippen LogP contribution in [0.2, 0.25) is 5.02 Å². The average molecular weight is 313 g/mol. The Morgan fingerprint density at radius 3 is 2.48 bits per heavy atom. The number of carbonyl (C=O) groups excluding carboxylic acids is 2. The SMILES string of the molecule is CCNC(=O)CN(CC)C(=O)CCOc1ccc(Cl)cc1. The molecule has 5 nitrogen and oxygen atoms in total. The molecule has 21 heavy (non-hydrogen) atoms. The van der Waals surface area contributed by atoms with E-state index in [1.807, 2.05) is 13.8 Å². The van der Waals surface area contributed by atoms with Crippen LogP contribution < -0.4 is 10.1 Å². The molecule has 116 valence electrons. The molecule has 0 saturated carbocycles. The molecule has 0 unspecified atom stereocenters. The molecule has 0 radical (unpaired) electrons. The van der Waals surface area contributed by atoms with Crippen molar-refractivity contribution in [2.75, 3.05) is 26.2 Å². The number of hydrogen-bond acceptors (Lipinski definition) is 3. The molecule has 0 atom stereocenters. The van der Waals surface area contributed by atoms with Gasteiger partial charge in [-0.1, -0.05) is 11.6 Å². The van der Waals surface area contributed by atoms with Crippen molar-refractivity contribution in [3.8, 4) is 5.75 Å². The fraction of sp³-hybridized carbons (Fsp3) is 0.467. The van der Waals surface area contributed by atoms with Gasteiger partial charge < -0.3 is 15.0 Å². The van der Waals surface area contributed by atoms with E-state index in [4.69, 9.17) is 16.3 Å². The lowest BCUT2D eigenvalue weighted by atomic mass is 10.3. The predicted molar refractivity (Wildman–Crippen MR) is 82.5 cm³/mol. The van der Waals surface area contributed by atoms with Crippen molar-refractivity contribution in [2.24, 2.45) is 0 Å². The highest BCUT2D eigenvalue weighted by molar-refractivity contribution is 6.30. The Labute approximate surface area is 130 Å². The number of hydrogen-bond donors (Lipinski definition) is 1. The molecule has 0 bridgehead atoms. The molecular weight excluding hydrogens is 292 g/mol. The third kappa shape index (κ3) is 6.49. The van der Waals surface area contributed by atoms with Crippen molar-refractivity contribution in [2.45, 2.75) is 20.3 Å². The quantitative estimate of drug-likeness (QED) is 0.799. The number of halogens is 1. The van der Waals surface area contributed by atoms with Crippen molar-refractivity contribution in [3.05, 3.63) is 29.3 Å². The van der Waals surface area contributed by atoms with Crippen LogP contribution in [0.1, 0.15) is 20.3 Å². The Kier molecular flexibility index (Phi) is 7.61. The molecule has 1 aromatic carbocycles. The highest BCUT2D eigenvalue weighted by atomic mass is 35.5. The Balaban J connectivity index is 2.36. The standard InChI is InChI=1S/C15H21ClN2O3/c1-3-17-14(19)11-18(4-2)15(20)9-10-21-13-7-5-12(16)6-8-13/h5-8H,3-4,9-11H2,1-2H3,(H,17,19). The molecule has 0 aliphatic heterocycles. The van der Waals surface area contributed by atoms with E-state index in [1.54, 1.807) is 24.3 Å². The number of amides is 2. The minimum Gasteiger partial charge on any atom is -0.493 e. The summed E-state index contributed by atoms with van der Waals surface area (Å²) < 4.78 is 5.47. The molecule has 1 rings (SSSR count). The Hall–Kier alpha value is -1.75. The molecule has 1 N–H and O–H groups in total. The van der Waals surface area contributed by atoms with Gasteiger partial charge in [-0.2, -0.15) is 0 Å². The zero-order valence-corrected chi connectivity index (χ0v) is 13.2. The molecule has 0 fully saturated rings. The van der Waals surface area contributed by atoms with Crippen molar-refractivity contribution in [3.63, 3.8) is 0 Å². The van der Waals surface area contributed by atoms with E-state index in [1.165, 1.54) is 4.90 Å². The lowest BCUT2D eigenvalue weighted by Gasteiger charge is -2.20. The van der Waals surface area contributed by atoms with E-state index in [-0.39, 0.29) is 31.4 Å². The molecule has 1 aromatic rings. The highest BCUT2D eigenvalue weighted by Crippen LogP contribution is 2.15. The fourth-order valence-corrected chi connectivity index (χ4v) is 1.87. The first kappa shape index (κ1) is 17.3. The van der Waals surface area contributed by atoms with E-state index >= 15 is 0 Å². The Bertz CT molecular complexity index is 462. The first-order chi connectivity index (χ1) is 10.1. The van der Waals surface area contributed by atoms with Gasteiger partial charge in [0, 0.05) is 18.1 Å². The van der Waals surface area contributed by atoms with Gasteiger partial charge in [-0.25, -0.2) is 0 Å². The van der Waals surface area contributed by atoms with Crippen LogP contribution in [0.3, 0.4) is 0 Å². The molecule has 0 aliphatic carbocycles. The summed E-state index contributed by atoms with van der Waals surface area (Å²) in [5.41, 5.74) is 0. The number of nitrogens with zero attached hydrogens (tertiary/aromatic N) is 1. The minimum atomic E-state index is -0.147. The number of likely N-dealkylation sites (N-methyl/N-ethyl adjacent to an activating group) is 2. The summed E-state index contributed by atoms with van der Waals surface area (Å²) in [6.07, 6.45) is 0.232. The van der Waals surface area contributed by atoms with Crippen LogP contribution in [0.4, 0.5) is 0 Å². The van der Waals surface area contributed by atoms with Gasteiger partial charge in [0.15, 0.2) is 0 Å². The maximum Gasteiger partial charge on any atom is 0.239 e. The van der Waals surface area contributed by atoms with Gasteiger partial charge in [0.1, 0.15) is 5.75 Å². The van der Waals surface area contributed by atoms with Crippen molar-refractivity contribution < 1.29 is 14.3 Å². The van der Waals surface area contributed by atoms with Gasteiger partial charge >= 0.3 is 0 Å². The van der Waals surface area contributed by atoms with Crippen molar-refractivity contribution in [1.82, 2.24) is 10.2 Å². The first-order valence-corrected chi connectivity index (χ1v) is 7.37. The second-order valence-corrected chi connectivity index (χ2v) is 4.85. The third-order valence-corrected chi connectivity index (χ3v) is 3.09. The van der Waals surface area contributed by atoms with Gasteiger partial charge in [0.25, 0.3) is 0 Å². The molecule has 0 aliphatic rings. The summed E-state index contributed by atoms with van der Waals surface area (Å²) in [6.45, 7) is 5.10. The van der Waals surface area contributed by atoms with Crippen molar-refractivity contribution >= 4 is 23.4 Å². The minimum absolute atomic E-state index is 0.0874. The number of nitrogens with one attached hydrogen (secondary N) is 1. The van der Waals surface area contributed by atoms with Gasteiger partial charge in [-0.05, 0) is 38.1 Å². The van der Waals surface area contributed by atoms with Gasteiger partial charge in [0.2, 0.25) is 11.8 Å². The lowest BCUT2D eigenvalue weighted by molar-refractivity contribution is -0.136. The van der Waals surface area contributed by atoms with E-state index in [0.717, 1.165) is 0 Å². The Morgan fingerprint density at radius 2 is 1.90 bits per heavy atom. The maximum atomic E-state index is 12.0. The van der Waals surface area contributed by atoms with E-state index in [0.29, 0.717) is 23.9 Å². The lowest BCUT2D eigenvalue weighted by Crippen LogP contribution is -2.40. The fourth-order valence-electron chi connectivity index (χ4n) is 1.75. The van der Waals surface area contributed by atoms with Crippen LogP contribution in [0, 0.1) is 0 Å². The maximum absolute atomic E-state index is 12.0. The largest absolute Gasteiger partial charge is 0.493 e. The van der Waals surface area contributed by atoms with Crippen LogP contribution in [0.25, 0.3) is 0 Å². The molecule has 6 heteroatoms. The predicted octanol–water partition coefficient (Wildman–Crippen LogP) is 2.09. The molecule has 0 saturated heterocycles. The van der Waals surface area contributed by atoms with Gasteiger partial charge in [0.05, 0.1) is 19.6 Å². The highest BCUT2D eigenvalue weighted by Gasteiger charge is 2.14. The number of ether oxygens (including phenoxy) is 1. The smallest absolute Gasteiger partial charge is 0.239 e. The summed E-state index contributed by atoms with van der Waals surface area (Å²) in [7, 11) is 0. The summed E-state index contributed by atoms with van der Waals surface area (Å²) in [5.74, 6) is 0.419. The van der Waals surface area contributed by atoms with E-state index < -0.39 is 0 Å². The zero-order valence-electron chi connectivity index (χ0n) is 12.4. The summed E-state index contributed by atoms with van der Waals surface area (Å²) in [5, 5.41) is 3.31. The number of benzene rings is 1. The average Bonchev–Trinajstić information content (AvgIpc) is 2.47. The van der Waals surface area contributed by atoms with Crippen LogP contribution in [-0.4, -0.2) is 43.0 Å². The normalized spacial score (nSPS) is 10.0. The summed E-state index contributed by atoms with van der Waals surface area (Å²) in [4.78, 5) is 25.0. The van der Waals surface area contributed by atoms with Gasteiger partial charge in [-0.3, -0.25) is 9.59 Å². The summed E-state index contributed by atoms with van der Waals surface area (Å²) in [6, 6.07) is 6.95. The van der Waals surface area contributed by atoms with E-state index in [2.05, 4.69) is 5.32 Å². The number of rotatable bonds is 8. The topological polar surface area (TPSA) is 58.6 Å². The molecule has 0 spiro atoms. The molecular formula is C15H21ClN2O3. The zero-order chi connectivity index (χ0) is 15.7. The van der Waals surface area contributed by atoms with Crippen LogP contribution in [0.15, 0.2) is 24.3 Å². The van der Waals surface area contributed by atoms with Crippen LogP contribution in [0.5, 0.6) is 5.75 Å². The number of carbonyl (C=O) groups is 2. The second kappa shape index (κ2) is 9.23. The molecule has 2 amide bonds. The van der Waals surface area contributed by atoms with Crippen molar-refractivity contribution in [1.29, 1.82) is 0 Å². The molecule has 0 aromatic heterocycles. The monoisotopic (exact) mass is 312 g/mol. The third-order valence-electron chi connectivity index (χ3n) is 2.84.